The van der Waals surface area contributed by atoms with Crippen LogP contribution in [0.3, 0.4) is 0 Å². The van der Waals surface area contributed by atoms with Crippen molar-refractivity contribution in [3.63, 3.8) is 0 Å². The van der Waals surface area contributed by atoms with Crippen LogP contribution in [0, 0.1) is 0 Å². The summed E-state index contributed by atoms with van der Waals surface area (Å²) >= 11 is 5.81. The lowest BCUT2D eigenvalue weighted by molar-refractivity contribution is -0.274. The van der Waals surface area contributed by atoms with Gasteiger partial charge < -0.3 is 4.74 Å². The Morgan fingerprint density at radius 2 is 1.59 bits per heavy atom. The van der Waals surface area contributed by atoms with E-state index in [-0.39, 0.29) is 15.6 Å². The van der Waals surface area contributed by atoms with E-state index >= 15 is 0 Å². The zero-order valence-corrected chi connectivity index (χ0v) is 12.3. The summed E-state index contributed by atoms with van der Waals surface area (Å²) in [5.41, 5.74) is 0.0782. The van der Waals surface area contributed by atoms with Gasteiger partial charge in [0.15, 0.2) is 0 Å². The van der Waals surface area contributed by atoms with Gasteiger partial charge in [0.2, 0.25) is 0 Å². The first kappa shape index (κ1) is 16.4. The minimum atomic E-state index is -4.81. The normalized spacial score (nSPS) is 12.0. The summed E-state index contributed by atoms with van der Waals surface area (Å²) in [7, 11) is -3.94. The summed E-state index contributed by atoms with van der Waals surface area (Å²) in [6.45, 7) is 0. The second-order valence-electron chi connectivity index (χ2n) is 4.11. The largest absolute Gasteiger partial charge is 0.573 e. The quantitative estimate of drug-likeness (QED) is 0.904. The molecule has 0 saturated heterocycles. The maximum absolute atomic E-state index is 12.1. The first-order valence-electron chi connectivity index (χ1n) is 5.80. The Morgan fingerprint density at radius 1 is 1.00 bits per heavy atom. The highest BCUT2D eigenvalue weighted by Crippen LogP contribution is 2.26. The number of hydrogen-bond acceptors (Lipinski definition) is 3. The van der Waals surface area contributed by atoms with Crippen molar-refractivity contribution in [2.75, 3.05) is 4.72 Å². The third-order valence-corrected chi connectivity index (χ3v) is 4.35. The van der Waals surface area contributed by atoms with E-state index < -0.39 is 22.1 Å². The number of sulfonamides is 1. The Morgan fingerprint density at radius 3 is 2.14 bits per heavy atom. The molecule has 1 N–H and O–H groups in total. The molecule has 0 spiro atoms. The van der Waals surface area contributed by atoms with Gasteiger partial charge in [-0.05, 0) is 36.4 Å². The topological polar surface area (TPSA) is 55.4 Å². The van der Waals surface area contributed by atoms with Crippen LogP contribution in [0.1, 0.15) is 0 Å². The summed E-state index contributed by atoms with van der Waals surface area (Å²) < 4.78 is 66.3. The van der Waals surface area contributed by atoms with Gasteiger partial charge >= 0.3 is 6.36 Å². The van der Waals surface area contributed by atoms with E-state index in [1.807, 2.05) is 0 Å². The van der Waals surface area contributed by atoms with Gasteiger partial charge in [0.25, 0.3) is 10.0 Å². The van der Waals surface area contributed by atoms with Gasteiger partial charge in [0, 0.05) is 5.69 Å². The van der Waals surface area contributed by atoms with Gasteiger partial charge in [-0.2, -0.15) is 0 Å². The van der Waals surface area contributed by atoms with Crippen LogP contribution in [0.2, 0.25) is 5.02 Å². The number of halogens is 4. The second kappa shape index (κ2) is 6.05. The zero-order valence-electron chi connectivity index (χ0n) is 10.8. The standard InChI is InChI=1S/C13H9ClF3NO3S/c14-11-3-1-2-4-12(11)22(19,20)18-9-5-7-10(8-6-9)21-13(15,16)17/h1-8,18H. The minimum Gasteiger partial charge on any atom is -0.406 e. The lowest BCUT2D eigenvalue weighted by Crippen LogP contribution is -2.17. The van der Waals surface area contributed by atoms with Gasteiger partial charge in [-0.3, -0.25) is 4.72 Å². The summed E-state index contributed by atoms with van der Waals surface area (Å²) in [5, 5.41) is 0.0343. The minimum absolute atomic E-state index is 0.0343. The van der Waals surface area contributed by atoms with Crippen LogP contribution in [0.15, 0.2) is 53.4 Å². The van der Waals surface area contributed by atoms with Crippen molar-refractivity contribution in [1.82, 2.24) is 0 Å². The highest BCUT2D eigenvalue weighted by atomic mass is 35.5. The van der Waals surface area contributed by atoms with Gasteiger partial charge in [-0.1, -0.05) is 23.7 Å². The van der Waals surface area contributed by atoms with Gasteiger partial charge in [-0.15, -0.1) is 13.2 Å². The zero-order chi connectivity index (χ0) is 16.4. The molecule has 9 heteroatoms. The molecule has 0 radical (unpaired) electrons. The van der Waals surface area contributed by atoms with Crippen LogP contribution in [-0.2, 0) is 10.0 Å². The molecule has 0 fully saturated rings. The van der Waals surface area contributed by atoms with E-state index in [0.29, 0.717) is 0 Å². The molecular formula is C13H9ClF3NO3S. The fourth-order valence-electron chi connectivity index (χ4n) is 1.60. The van der Waals surface area contributed by atoms with E-state index in [4.69, 9.17) is 11.6 Å². The molecule has 0 unspecified atom stereocenters. The lowest BCUT2D eigenvalue weighted by atomic mass is 10.3. The van der Waals surface area contributed by atoms with Crippen molar-refractivity contribution in [3.8, 4) is 5.75 Å². The fraction of sp³-hybridized carbons (Fsp3) is 0.0769. The maximum Gasteiger partial charge on any atom is 0.573 e. The van der Waals surface area contributed by atoms with Crippen molar-refractivity contribution in [2.45, 2.75) is 11.3 Å². The molecule has 0 aliphatic rings. The number of ether oxygens (including phenoxy) is 1. The average molecular weight is 352 g/mol. The first-order chi connectivity index (χ1) is 10.2. The molecule has 0 aliphatic carbocycles. The van der Waals surface area contributed by atoms with Crippen LogP contribution < -0.4 is 9.46 Å². The smallest absolute Gasteiger partial charge is 0.406 e. The third-order valence-electron chi connectivity index (χ3n) is 2.47. The maximum atomic E-state index is 12.1. The van der Waals surface area contributed by atoms with Crippen LogP contribution in [-0.4, -0.2) is 14.8 Å². The Balaban J connectivity index is 2.19. The van der Waals surface area contributed by atoms with Crippen molar-refractivity contribution >= 4 is 27.3 Å². The fourth-order valence-corrected chi connectivity index (χ4v) is 3.18. The molecule has 118 valence electrons. The highest BCUT2D eigenvalue weighted by Gasteiger charge is 2.31. The molecule has 0 atom stereocenters. The molecule has 2 aromatic carbocycles. The molecule has 2 rings (SSSR count). The summed E-state index contributed by atoms with van der Waals surface area (Å²) in [4.78, 5) is -0.132. The molecule has 0 saturated carbocycles. The van der Waals surface area contributed by atoms with E-state index in [1.165, 1.54) is 18.2 Å². The van der Waals surface area contributed by atoms with Crippen LogP contribution in [0.25, 0.3) is 0 Å². The Kier molecular flexibility index (Phi) is 4.52. The van der Waals surface area contributed by atoms with E-state index in [1.54, 1.807) is 6.07 Å². The van der Waals surface area contributed by atoms with E-state index in [9.17, 15) is 21.6 Å². The number of nitrogens with one attached hydrogen (secondary N) is 1. The number of anilines is 1. The Hall–Kier alpha value is -1.93. The molecule has 0 amide bonds. The predicted molar refractivity (Wildman–Crippen MR) is 75.4 cm³/mol. The molecule has 4 nitrogen and oxygen atoms in total. The predicted octanol–water partition coefficient (Wildman–Crippen LogP) is 4.04. The Bertz CT molecular complexity index is 761. The van der Waals surface area contributed by atoms with Gasteiger partial charge in [0.1, 0.15) is 10.6 Å². The lowest BCUT2D eigenvalue weighted by Gasteiger charge is -2.11. The van der Waals surface area contributed by atoms with Crippen molar-refractivity contribution in [3.05, 3.63) is 53.6 Å². The van der Waals surface area contributed by atoms with Gasteiger partial charge in [-0.25, -0.2) is 8.42 Å². The Labute approximate surface area is 129 Å². The number of alkyl halides is 3. The first-order valence-corrected chi connectivity index (χ1v) is 7.67. The summed E-state index contributed by atoms with van der Waals surface area (Å²) in [6, 6.07) is 10.1. The molecule has 2 aromatic rings. The van der Waals surface area contributed by atoms with E-state index in [2.05, 4.69) is 9.46 Å². The monoisotopic (exact) mass is 351 g/mol. The van der Waals surface area contributed by atoms with Crippen molar-refractivity contribution in [1.29, 1.82) is 0 Å². The summed E-state index contributed by atoms with van der Waals surface area (Å²) in [6.07, 6.45) is -4.81. The van der Waals surface area contributed by atoms with Crippen molar-refractivity contribution in [2.24, 2.45) is 0 Å². The number of benzene rings is 2. The SMILES string of the molecule is O=S(=O)(Nc1ccc(OC(F)(F)F)cc1)c1ccccc1Cl. The molecule has 0 aromatic heterocycles. The third kappa shape index (κ3) is 4.28. The molecule has 0 bridgehead atoms. The number of rotatable bonds is 4. The second-order valence-corrected chi connectivity index (χ2v) is 6.17. The van der Waals surface area contributed by atoms with Crippen LogP contribution >= 0.6 is 11.6 Å². The molecule has 22 heavy (non-hydrogen) atoms. The number of hydrogen-bond donors (Lipinski definition) is 1. The highest BCUT2D eigenvalue weighted by molar-refractivity contribution is 7.92. The van der Waals surface area contributed by atoms with Crippen molar-refractivity contribution < 1.29 is 26.3 Å². The average Bonchev–Trinajstić information content (AvgIpc) is 2.39. The molecule has 0 aliphatic heterocycles. The van der Waals surface area contributed by atoms with Crippen LogP contribution in [0.4, 0.5) is 18.9 Å². The van der Waals surface area contributed by atoms with E-state index in [0.717, 1.165) is 24.3 Å². The van der Waals surface area contributed by atoms with Crippen LogP contribution in [0.5, 0.6) is 5.75 Å². The molecular weight excluding hydrogens is 343 g/mol. The van der Waals surface area contributed by atoms with Gasteiger partial charge in [0.05, 0.1) is 5.02 Å². The molecule has 0 heterocycles. The summed E-state index contributed by atoms with van der Waals surface area (Å²) in [5.74, 6) is -0.451.